The fourth-order valence-electron chi connectivity index (χ4n) is 3.13. The van der Waals surface area contributed by atoms with Crippen LogP contribution in [-0.2, 0) is 6.61 Å². The third kappa shape index (κ3) is 3.40. The van der Waals surface area contributed by atoms with Crippen molar-refractivity contribution < 1.29 is 13.9 Å². The topological polar surface area (TPSA) is 47.4 Å². The predicted molar refractivity (Wildman–Crippen MR) is 101 cm³/mol. The number of carbonyl (C=O) groups excluding carboxylic acids is 1. The molecule has 138 valence electrons. The van der Waals surface area contributed by atoms with Gasteiger partial charge in [-0.3, -0.25) is 9.48 Å². The van der Waals surface area contributed by atoms with Crippen molar-refractivity contribution in [3.63, 3.8) is 0 Å². The lowest BCUT2D eigenvalue weighted by Crippen LogP contribution is -2.42. The highest BCUT2D eigenvalue weighted by Crippen LogP contribution is 2.28. The number of hydrogen-bond acceptors (Lipinski definition) is 3. The smallest absolute Gasteiger partial charge is 0.276 e. The number of carbonyl (C=O) groups is 1. The Balaban J connectivity index is 1.56. The molecule has 0 aliphatic carbocycles. The van der Waals surface area contributed by atoms with Crippen LogP contribution >= 0.6 is 11.6 Å². The predicted octanol–water partition coefficient (Wildman–Crippen LogP) is 4.48. The van der Waals surface area contributed by atoms with Gasteiger partial charge < -0.3 is 9.64 Å². The summed E-state index contributed by atoms with van der Waals surface area (Å²) in [6.45, 7) is 2.66. The highest BCUT2D eigenvalue weighted by Gasteiger charge is 2.31. The van der Waals surface area contributed by atoms with Gasteiger partial charge in [0.25, 0.3) is 5.91 Å². The number of anilines is 1. The average Bonchev–Trinajstić information content (AvgIpc) is 3.10. The summed E-state index contributed by atoms with van der Waals surface area (Å²) >= 11 is 6.10. The molecule has 27 heavy (non-hydrogen) atoms. The molecule has 0 spiro atoms. The van der Waals surface area contributed by atoms with Crippen molar-refractivity contribution in [3.05, 3.63) is 76.8 Å². The van der Waals surface area contributed by atoms with Gasteiger partial charge in [0.2, 0.25) is 0 Å². The Morgan fingerprint density at radius 2 is 1.96 bits per heavy atom. The van der Waals surface area contributed by atoms with E-state index < -0.39 is 0 Å². The van der Waals surface area contributed by atoms with E-state index in [0.717, 1.165) is 0 Å². The summed E-state index contributed by atoms with van der Waals surface area (Å²) in [6.07, 6.45) is 0. The summed E-state index contributed by atoms with van der Waals surface area (Å²) in [6, 6.07) is 14.8. The van der Waals surface area contributed by atoms with E-state index in [1.165, 1.54) is 12.1 Å². The first-order chi connectivity index (χ1) is 13.0. The van der Waals surface area contributed by atoms with E-state index in [-0.39, 0.29) is 24.4 Å². The van der Waals surface area contributed by atoms with Crippen LogP contribution in [0.4, 0.5) is 10.1 Å². The third-order valence-electron chi connectivity index (χ3n) is 4.47. The second-order valence-corrected chi connectivity index (χ2v) is 6.83. The first-order valence-corrected chi connectivity index (χ1v) is 8.94. The van der Waals surface area contributed by atoms with E-state index >= 15 is 0 Å². The minimum absolute atomic E-state index is 0.0168. The zero-order chi connectivity index (χ0) is 19.0. The summed E-state index contributed by atoms with van der Waals surface area (Å²) in [5.41, 5.74) is 1.79. The van der Waals surface area contributed by atoms with E-state index in [4.69, 9.17) is 16.3 Å². The second-order valence-electron chi connectivity index (χ2n) is 6.43. The van der Waals surface area contributed by atoms with Crippen molar-refractivity contribution in [2.75, 3.05) is 11.4 Å². The maximum Gasteiger partial charge on any atom is 0.276 e. The van der Waals surface area contributed by atoms with Gasteiger partial charge in [0.1, 0.15) is 29.6 Å². The van der Waals surface area contributed by atoms with Crippen LogP contribution < -0.4 is 9.64 Å². The number of para-hydroxylation sites is 1. The Morgan fingerprint density at radius 3 is 2.70 bits per heavy atom. The molecule has 1 atom stereocenters. The molecule has 7 heteroatoms. The molecule has 0 fully saturated rings. The lowest BCUT2D eigenvalue weighted by molar-refractivity contribution is 0.0953. The van der Waals surface area contributed by atoms with Crippen LogP contribution in [0.3, 0.4) is 0 Å². The fraction of sp³-hybridized carbons (Fsp3) is 0.200. The molecule has 0 saturated heterocycles. The van der Waals surface area contributed by atoms with Gasteiger partial charge in [-0.1, -0.05) is 23.7 Å². The summed E-state index contributed by atoms with van der Waals surface area (Å²) in [7, 11) is 0. The highest BCUT2D eigenvalue weighted by atomic mass is 35.5. The number of hydrogen-bond donors (Lipinski definition) is 0. The van der Waals surface area contributed by atoms with Crippen LogP contribution in [-0.4, -0.2) is 22.2 Å². The maximum absolute atomic E-state index is 13.2. The molecular weight excluding hydrogens is 369 g/mol. The van der Waals surface area contributed by atoms with Gasteiger partial charge in [-0.15, -0.1) is 0 Å². The number of benzene rings is 2. The van der Waals surface area contributed by atoms with Gasteiger partial charge in [0, 0.05) is 12.2 Å². The zero-order valence-corrected chi connectivity index (χ0v) is 15.4. The molecule has 3 aromatic rings. The molecule has 0 unspecified atom stereocenters. The van der Waals surface area contributed by atoms with Crippen LogP contribution in [0.1, 0.15) is 29.1 Å². The van der Waals surface area contributed by atoms with Gasteiger partial charge in [-0.05, 0) is 49.4 Å². The van der Waals surface area contributed by atoms with E-state index in [0.29, 0.717) is 34.4 Å². The van der Waals surface area contributed by atoms with Gasteiger partial charge in [0.15, 0.2) is 0 Å². The van der Waals surface area contributed by atoms with Crippen molar-refractivity contribution >= 4 is 23.2 Å². The van der Waals surface area contributed by atoms with Crippen molar-refractivity contribution in [2.24, 2.45) is 0 Å². The quantitative estimate of drug-likeness (QED) is 0.665. The molecule has 1 aromatic heterocycles. The van der Waals surface area contributed by atoms with Gasteiger partial charge >= 0.3 is 0 Å². The molecule has 5 nitrogen and oxygen atoms in total. The number of nitrogens with zero attached hydrogens (tertiary/aromatic N) is 3. The van der Waals surface area contributed by atoms with Crippen molar-refractivity contribution in [2.45, 2.75) is 19.6 Å². The monoisotopic (exact) mass is 385 g/mol. The molecular formula is C20H17ClFN3O2. The number of rotatable bonds is 4. The largest absolute Gasteiger partial charge is 0.486 e. The molecule has 0 radical (unpaired) electrons. The Morgan fingerprint density at radius 1 is 1.22 bits per heavy atom. The van der Waals surface area contributed by atoms with E-state index in [9.17, 15) is 9.18 Å². The van der Waals surface area contributed by atoms with Crippen molar-refractivity contribution in [3.8, 4) is 5.75 Å². The number of amides is 1. The lowest BCUT2D eigenvalue weighted by Gasteiger charge is -2.31. The lowest BCUT2D eigenvalue weighted by atomic mass is 10.1. The molecule has 2 heterocycles. The Labute approximate surface area is 160 Å². The Bertz CT molecular complexity index is 987. The van der Waals surface area contributed by atoms with Crippen LogP contribution in [0.5, 0.6) is 5.75 Å². The summed E-state index contributed by atoms with van der Waals surface area (Å²) in [5.74, 6) is 0.0639. The minimum Gasteiger partial charge on any atom is -0.486 e. The van der Waals surface area contributed by atoms with Gasteiger partial charge in [0.05, 0.1) is 11.1 Å². The molecule has 1 amide bonds. The van der Waals surface area contributed by atoms with E-state index in [1.807, 2.05) is 19.1 Å². The average molecular weight is 386 g/mol. The molecule has 2 aromatic carbocycles. The van der Waals surface area contributed by atoms with E-state index in [1.54, 1.807) is 39.9 Å². The molecule has 0 N–H and O–H groups in total. The molecule has 4 rings (SSSR count). The number of fused-ring (bicyclic) bond motifs is 1. The number of halogens is 2. The van der Waals surface area contributed by atoms with Gasteiger partial charge in [-0.25, -0.2) is 4.39 Å². The second kappa shape index (κ2) is 7.04. The summed E-state index contributed by atoms with van der Waals surface area (Å²) in [5, 5.41) is 5.03. The van der Waals surface area contributed by atoms with Crippen molar-refractivity contribution in [1.82, 2.24) is 9.78 Å². The van der Waals surface area contributed by atoms with Crippen molar-refractivity contribution in [1.29, 1.82) is 0 Å². The third-order valence-corrected chi connectivity index (χ3v) is 4.78. The molecule has 0 bridgehead atoms. The van der Waals surface area contributed by atoms with Crippen LogP contribution in [0, 0.1) is 5.82 Å². The normalized spacial score (nSPS) is 16.3. The summed E-state index contributed by atoms with van der Waals surface area (Å²) in [4.78, 5) is 14.5. The van der Waals surface area contributed by atoms with Gasteiger partial charge in [-0.2, -0.15) is 5.10 Å². The zero-order valence-electron chi connectivity index (χ0n) is 14.6. The SMILES string of the molecule is C[C@@H]1CN(c2ccc(F)cc2)C(=O)c2cc(COc3ccccc3Cl)nn21. The Kier molecular flexibility index (Phi) is 4.58. The standard InChI is InChI=1S/C20H17ClFN3O2/c1-13-11-24(16-8-6-14(22)7-9-16)20(26)18-10-15(23-25(13)18)12-27-19-5-3-2-4-17(19)21/h2-10,13H,11-12H2,1H3/t13-/m1/s1. The van der Waals surface area contributed by atoms with Crippen LogP contribution in [0.2, 0.25) is 5.02 Å². The summed E-state index contributed by atoms with van der Waals surface area (Å²) < 4.78 is 20.6. The van der Waals surface area contributed by atoms with Crippen LogP contribution in [0.25, 0.3) is 0 Å². The fourth-order valence-corrected chi connectivity index (χ4v) is 3.32. The van der Waals surface area contributed by atoms with E-state index in [2.05, 4.69) is 5.10 Å². The number of aromatic nitrogens is 2. The first-order valence-electron chi connectivity index (χ1n) is 8.56. The Hall–Kier alpha value is -2.86. The number of ether oxygens (including phenoxy) is 1. The van der Waals surface area contributed by atoms with Crippen LogP contribution in [0.15, 0.2) is 54.6 Å². The molecule has 0 saturated carbocycles. The highest BCUT2D eigenvalue weighted by molar-refractivity contribution is 6.32. The minimum atomic E-state index is -0.333. The maximum atomic E-state index is 13.2. The molecule has 1 aliphatic heterocycles. The molecule has 1 aliphatic rings. The first kappa shape index (κ1) is 17.5.